The first-order chi connectivity index (χ1) is 10.6. The first-order valence-electron chi connectivity index (χ1n) is 6.71. The summed E-state index contributed by atoms with van der Waals surface area (Å²) < 4.78 is 26.0. The van der Waals surface area contributed by atoms with Crippen LogP contribution in [0, 0.1) is 11.3 Å². The number of benzene rings is 2. The summed E-state index contributed by atoms with van der Waals surface area (Å²) in [5.74, 6) is 0.800. The van der Waals surface area contributed by atoms with Crippen LogP contribution in [0.1, 0.15) is 10.8 Å². The van der Waals surface area contributed by atoms with Gasteiger partial charge in [-0.25, -0.2) is 0 Å². The van der Waals surface area contributed by atoms with Crippen molar-refractivity contribution in [3.63, 3.8) is 0 Å². The molecule has 0 radical (unpaired) electrons. The van der Waals surface area contributed by atoms with Crippen molar-refractivity contribution >= 4 is 22.4 Å². The molecule has 0 bridgehead atoms. The van der Waals surface area contributed by atoms with Crippen LogP contribution in [0.3, 0.4) is 0 Å². The summed E-state index contributed by atoms with van der Waals surface area (Å²) in [6.07, 6.45) is 0. The number of hydrogen-bond acceptors (Lipinski definition) is 5. The molecule has 0 aromatic heterocycles. The first kappa shape index (κ1) is 15.3. The predicted octanol–water partition coefficient (Wildman–Crippen LogP) is 4.55. The van der Waals surface area contributed by atoms with Crippen molar-refractivity contribution in [1.29, 1.82) is 5.26 Å². The van der Waals surface area contributed by atoms with E-state index in [1.165, 1.54) is 0 Å². The summed E-state index contributed by atoms with van der Waals surface area (Å²) in [6, 6.07) is 17.1. The number of thioether (sulfide) groups is 1. The molecule has 0 fully saturated rings. The molecule has 114 valence electrons. The van der Waals surface area contributed by atoms with E-state index < -0.39 is 10.6 Å². The Bertz CT molecular complexity index is 713. The summed E-state index contributed by atoms with van der Waals surface area (Å²) in [4.78, 5) is 1.64. The van der Waals surface area contributed by atoms with E-state index >= 15 is 0 Å². The molecule has 1 aliphatic heterocycles. The number of fused-ring (bicyclic) bond motifs is 1. The van der Waals surface area contributed by atoms with E-state index in [4.69, 9.17) is 10.00 Å². The Morgan fingerprint density at radius 3 is 2.73 bits per heavy atom. The summed E-state index contributed by atoms with van der Waals surface area (Å²) >= 11 is 1.63. The highest BCUT2D eigenvalue weighted by molar-refractivity contribution is 8.25. The van der Waals surface area contributed by atoms with Crippen molar-refractivity contribution in [1.82, 2.24) is 0 Å². The lowest BCUT2D eigenvalue weighted by molar-refractivity contribution is 0.366. The van der Waals surface area contributed by atoms with Gasteiger partial charge in [0.25, 0.3) is 0 Å². The molecule has 2 aromatic carbocycles. The molecule has 0 saturated carbocycles. The fraction of sp³-hybridized carbons (Fsp3) is 0.188. The van der Waals surface area contributed by atoms with Crippen molar-refractivity contribution in [3.05, 3.63) is 54.1 Å². The second-order valence-corrected chi connectivity index (χ2v) is 8.28. The molecule has 0 amide bonds. The standard InChI is InChI=1S/C16H15NO3S2/c17-8-9-20-12-6-7-14-15(11-22(18,19)16(14)10-12)21-13-4-2-1-3-5-13/h1-7,10,15,18-19H,9,11H2. The quantitative estimate of drug-likeness (QED) is 0.859. The fourth-order valence-electron chi connectivity index (χ4n) is 2.42. The van der Waals surface area contributed by atoms with Crippen LogP contribution in [-0.4, -0.2) is 21.5 Å². The van der Waals surface area contributed by atoms with Crippen LogP contribution in [0.4, 0.5) is 0 Å². The van der Waals surface area contributed by atoms with Gasteiger partial charge in [-0.15, -0.1) is 11.8 Å². The predicted molar refractivity (Wildman–Crippen MR) is 88.6 cm³/mol. The lowest BCUT2D eigenvalue weighted by atomic mass is 10.1. The van der Waals surface area contributed by atoms with Crippen LogP contribution in [0.25, 0.3) is 0 Å². The van der Waals surface area contributed by atoms with Crippen molar-refractivity contribution in [3.8, 4) is 11.8 Å². The van der Waals surface area contributed by atoms with Crippen LogP contribution < -0.4 is 4.74 Å². The number of hydrogen-bond donors (Lipinski definition) is 2. The molecule has 2 aromatic rings. The molecule has 1 aliphatic rings. The van der Waals surface area contributed by atoms with Crippen molar-refractivity contribution in [2.75, 3.05) is 12.4 Å². The molecule has 1 atom stereocenters. The first-order valence-corrected chi connectivity index (χ1v) is 9.31. The van der Waals surface area contributed by atoms with Gasteiger partial charge in [-0.05, 0) is 23.8 Å². The van der Waals surface area contributed by atoms with Crippen LogP contribution in [0.5, 0.6) is 5.75 Å². The average molecular weight is 333 g/mol. The summed E-state index contributed by atoms with van der Waals surface area (Å²) in [5, 5.41) is 8.56. The molecule has 0 aliphatic carbocycles. The molecule has 22 heavy (non-hydrogen) atoms. The van der Waals surface area contributed by atoms with E-state index in [2.05, 4.69) is 0 Å². The Morgan fingerprint density at radius 1 is 1.23 bits per heavy atom. The molecule has 0 spiro atoms. The van der Waals surface area contributed by atoms with Gasteiger partial charge in [0.1, 0.15) is 11.8 Å². The van der Waals surface area contributed by atoms with Crippen molar-refractivity contribution in [2.45, 2.75) is 15.0 Å². The van der Waals surface area contributed by atoms with Gasteiger partial charge in [-0.1, -0.05) is 24.3 Å². The third-order valence-corrected chi connectivity index (χ3v) is 6.71. The van der Waals surface area contributed by atoms with Crippen LogP contribution in [0.15, 0.2) is 58.3 Å². The highest BCUT2D eigenvalue weighted by Crippen LogP contribution is 2.63. The van der Waals surface area contributed by atoms with Crippen molar-refractivity contribution in [2.24, 2.45) is 0 Å². The number of rotatable bonds is 4. The Kier molecular flexibility index (Phi) is 4.32. The Hall–Kier alpha value is -1.65. The van der Waals surface area contributed by atoms with Gasteiger partial charge >= 0.3 is 0 Å². The maximum atomic E-state index is 10.3. The molecule has 6 heteroatoms. The van der Waals surface area contributed by atoms with Crippen LogP contribution in [-0.2, 0) is 0 Å². The smallest absolute Gasteiger partial charge is 0.174 e. The molecule has 0 saturated heterocycles. The van der Waals surface area contributed by atoms with E-state index in [0.29, 0.717) is 16.4 Å². The highest BCUT2D eigenvalue weighted by Gasteiger charge is 2.35. The second kappa shape index (κ2) is 6.23. The molecular formula is C16H15NO3S2. The maximum Gasteiger partial charge on any atom is 0.174 e. The SMILES string of the molecule is N#CCOc1ccc2c(c1)S(O)(O)CC2Sc1ccccc1. The molecular weight excluding hydrogens is 318 g/mol. The van der Waals surface area contributed by atoms with E-state index in [-0.39, 0.29) is 11.9 Å². The number of nitrogens with zero attached hydrogens (tertiary/aromatic N) is 1. The number of nitriles is 1. The monoisotopic (exact) mass is 333 g/mol. The Labute approximate surface area is 135 Å². The zero-order chi connectivity index (χ0) is 15.6. The minimum atomic E-state index is -2.81. The zero-order valence-electron chi connectivity index (χ0n) is 11.7. The van der Waals surface area contributed by atoms with Gasteiger partial charge in [0.2, 0.25) is 0 Å². The highest BCUT2D eigenvalue weighted by atomic mass is 32.3. The zero-order valence-corrected chi connectivity index (χ0v) is 13.3. The third kappa shape index (κ3) is 3.08. The van der Waals surface area contributed by atoms with Crippen LogP contribution >= 0.6 is 22.4 Å². The largest absolute Gasteiger partial charge is 0.479 e. The third-order valence-electron chi connectivity index (χ3n) is 3.39. The second-order valence-electron chi connectivity index (χ2n) is 4.90. The van der Waals surface area contributed by atoms with Gasteiger partial charge in [0, 0.05) is 11.0 Å². The topological polar surface area (TPSA) is 73.5 Å². The summed E-state index contributed by atoms with van der Waals surface area (Å²) in [5.41, 5.74) is 0.929. The Morgan fingerprint density at radius 2 is 2.00 bits per heavy atom. The minimum Gasteiger partial charge on any atom is -0.479 e. The fourth-order valence-corrected chi connectivity index (χ4v) is 5.99. The van der Waals surface area contributed by atoms with Gasteiger partial charge in [-0.3, -0.25) is 9.11 Å². The average Bonchev–Trinajstić information content (AvgIpc) is 2.77. The summed E-state index contributed by atoms with van der Waals surface area (Å²) in [7, 11) is -2.81. The Balaban J connectivity index is 1.88. The van der Waals surface area contributed by atoms with Crippen molar-refractivity contribution < 1.29 is 13.8 Å². The lowest BCUT2D eigenvalue weighted by Crippen LogP contribution is -1.99. The lowest BCUT2D eigenvalue weighted by Gasteiger charge is -2.27. The number of ether oxygens (including phenoxy) is 1. The molecule has 4 nitrogen and oxygen atoms in total. The summed E-state index contributed by atoms with van der Waals surface area (Å²) in [6.45, 7) is -0.0554. The van der Waals surface area contributed by atoms with Gasteiger partial charge in [0.05, 0.1) is 15.9 Å². The van der Waals surface area contributed by atoms with E-state index in [0.717, 1.165) is 10.5 Å². The molecule has 3 rings (SSSR count). The normalized spacial score (nSPS) is 20.0. The van der Waals surface area contributed by atoms with E-state index in [1.807, 2.05) is 42.5 Å². The maximum absolute atomic E-state index is 10.3. The molecule has 1 heterocycles. The molecule has 2 N–H and O–H groups in total. The van der Waals surface area contributed by atoms with Gasteiger partial charge in [0.15, 0.2) is 6.61 Å². The minimum absolute atomic E-state index is 0.00687. The van der Waals surface area contributed by atoms with E-state index in [1.54, 1.807) is 23.9 Å². The van der Waals surface area contributed by atoms with Crippen LogP contribution in [0.2, 0.25) is 0 Å². The van der Waals surface area contributed by atoms with Gasteiger partial charge < -0.3 is 4.74 Å². The van der Waals surface area contributed by atoms with Gasteiger partial charge in [-0.2, -0.15) is 15.9 Å². The van der Waals surface area contributed by atoms with E-state index in [9.17, 15) is 9.11 Å². The molecule has 1 unspecified atom stereocenters.